The van der Waals surface area contributed by atoms with E-state index in [1.54, 1.807) is 12.3 Å². The molecule has 3 rings (SSSR count). The van der Waals surface area contributed by atoms with Crippen LogP contribution in [-0.2, 0) is 0 Å². The molecule has 0 atom stereocenters. The molecule has 102 valence electrons. The molecular weight excluding hydrogens is 294 g/mol. The number of hydrogen-bond acceptors (Lipinski definition) is 6. The van der Waals surface area contributed by atoms with Crippen molar-refractivity contribution in [3.63, 3.8) is 0 Å². The molecule has 0 spiro atoms. The fourth-order valence-electron chi connectivity index (χ4n) is 1.87. The Kier molecular flexibility index (Phi) is 3.37. The minimum absolute atomic E-state index is 0.150. The van der Waals surface area contributed by atoms with Gasteiger partial charge in [-0.25, -0.2) is 4.98 Å². The number of thiophene rings is 1. The third-order valence-corrected chi connectivity index (χ3v) is 4.55. The Labute approximate surface area is 123 Å². The second kappa shape index (κ2) is 5.18. The lowest BCUT2D eigenvalue weighted by atomic mass is 10.2. The minimum Gasteiger partial charge on any atom is -0.361 e. The monoisotopic (exact) mass is 305 g/mol. The van der Waals surface area contributed by atoms with Gasteiger partial charge in [-0.1, -0.05) is 5.16 Å². The number of amides is 1. The molecule has 0 unspecified atom stereocenters. The summed E-state index contributed by atoms with van der Waals surface area (Å²) in [5, 5.41) is 9.11. The van der Waals surface area contributed by atoms with Gasteiger partial charge < -0.3 is 4.52 Å². The van der Waals surface area contributed by atoms with Gasteiger partial charge in [-0.05, 0) is 26.0 Å². The van der Waals surface area contributed by atoms with Gasteiger partial charge in [0.25, 0.3) is 5.91 Å². The molecular formula is C13H11N3O2S2. The summed E-state index contributed by atoms with van der Waals surface area (Å²) in [5.41, 5.74) is 1.79. The number of aryl methyl sites for hydroxylation is 2. The second-order valence-corrected chi connectivity index (χ2v) is 6.13. The lowest BCUT2D eigenvalue weighted by molar-refractivity contribution is 0.103. The van der Waals surface area contributed by atoms with E-state index >= 15 is 0 Å². The van der Waals surface area contributed by atoms with E-state index in [1.165, 1.54) is 22.7 Å². The molecule has 7 heteroatoms. The number of thiazole rings is 1. The first-order valence-electron chi connectivity index (χ1n) is 5.89. The largest absolute Gasteiger partial charge is 0.361 e. The van der Waals surface area contributed by atoms with Gasteiger partial charge in [-0.15, -0.1) is 22.7 Å². The highest BCUT2D eigenvalue weighted by Crippen LogP contribution is 2.33. The quantitative estimate of drug-likeness (QED) is 0.800. The molecule has 1 amide bonds. The summed E-state index contributed by atoms with van der Waals surface area (Å²) in [6.07, 6.45) is 1.66. The van der Waals surface area contributed by atoms with Crippen LogP contribution in [0.25, 0.3) is 10.4 Å². The van der Waals surface area contributed by atoms with E-state index in [9.17, 15) is 4.79 Å². The fraction of sp³-hybridized carbons (Fsp3) is 0.154. The predicted octanol–water partition coefficient (Wildman–Crippen LogP) is 3.73. The second-order valence-electron chi connectivity index (χ2n) is 4.15. The molecule has 3 heterocycles. The van der Waals surface area contributed by atoms with Crippen molar-refractivity contribution in [3.8, 4) is 10.4 Å². The van der Waals surface area contributed by atoms with Crippen LogP contribution in [0.4, 0.5) is 5.13 Å². The van der Waals surface area contributed by atoms with Crippen molar-refractivity contribution >= 4 is 33.7 Å². The van der Waals surface area contributed by atoms with Crippen molar-refractivity contribution in [2.75, 3.05) is 5.32 Å². The number of nitrogens with zero attached hydrogens (tertiary/aromatic N) is 2. The highest BCUT2D eigenvalue weighted by atomic mass is 32.1. The van der Waals surface area contributed by atoms with E-state index in [-0.39, 0.29) is 5.91 Å². The van der Waals surface area contributed by atoms with Gasteiger partial charge in [-0.3, -0.25) is 10.1 Å². The number of nitrogens with one attached hydrogen (secondary N) is 1. The minimum atomic E-state index is -0.150. The first-order valence-corrected chi connectivity index (χ1v) is 7.58. The van der Waals surface area contributed by atoms with Crippen molar-refractivity contribution in [3.05, 3.63) is 40.0 Å². The molecule has 0 aliphatic carbocycles. The maximum absolute atomic E-state index is 12.1. The molecule has 0 aliphatic rings. The standard InChI is InChI=1S/C13H11N3O2S2/c1-7-11(8(2)18-16-7)9-3-4-10(20-9)12(17)15-13-14-5-6-19-13/h3-6H,1-2H3,(H,14,15,17). The van der Waals surface area contributed by atoms with Gasteiger partial charge in [0, 0.05) is 16.5 Å². The lowest BCUT2D eigenvalue weighted by Crippen LogP contribution is -2.09. The zero-order chi connectivity index (χ0) is 14.1. The maximum atomic E-state index is 12.1. The Morgan fingerprint density at radius 1 is 1.35 bits per heavy atom. The van der Waals surface area contributed by atoms with Crippen LogP contribution in [0.1, 0.15) is 21.1 Å². The third kappa shape index (κ3) is 2.37. The van der Waals surface area contributed by atoms with Gasteiger partial charge in [0.1, 0.15) is 5.76 Å². The van der Waals surface area contributed by atoms with Crippen LogP contribution in [0.2, 0.25) is 0 Å². The zero-order valence-corrected chi connectivity index (χ0v) is 12.5. The molecule has 3 aromatic rings. The van der Waals surface area contributed by atoms with E-state index < -0.39 is 0 Å². The van der Waals surface area contributed by atoms with Crippen LogP contribution in [-0.4, -0.2) is 16.0 Å². The summed E-state index contributed by atoms with van der Waals surface area (Å²) in [4.78, 5) is 17.7. The summed E-state index contributed by atoms with van der Waals surface area (Å²) >= 11 is 2.81. The van der Waals surface area contributed by atoms with Crippen LogP contribution in [0, 0.1) is 13.8 Å². The van der Waals surface area contributed by atoms with E-state index in [0.717, 1.165) is 21.9 Å². The van der Waals surface area contributed by atoms with Gasteiger partial charge in [0.15, 0.2) is 5.13 Å². The topological polar surface area (TPSA) is 68.0 Å². The highest BCUT2D eigenvalue weighted by molar-refractivity contribution is 7.17. The molecule has 1 N–H and O–H groups in total. The Morgan fingerprint density at radius 2 is 2.20 bits per heavy atom. The van der Waals surface area contributed by atoms with Crippen LogP contribution in [0.3, 0.4) is 0 Å². The molecule has 0 saturated carbocycles. The van der Waals surface area contributed by atoms with Crippen molar-refractivity contribution in [2.24, 2.45) is 0 Å². The van der Waals surface area contributed by atoms with Gasteiger partial charge >= 0.3 is 0 Å². The van der Waals surface area contributed by atoms with E-state index in [1.807, 2.05) is 25.3 Å². The Balaban J connectivity index is 1.85. The zero-order valence-electron chi connectivity index (χ0n) is 10.8. The van der Waals surface area contributed by atoms with E-state index in [4.69, 9.17) is 4.52 Å². The molecule has 0 bridgehead atoms. The molecule has 3 aromatic heterocycles. The Hall–Kier alpha value is -1.99. The number of carbonyl (C=O) groups is 1. The van der Waals surface area contributed by atoms with Crippen LogP contribution >= 0.6 is 22.7 Å². The molecule has 0 saturated heterocycles. The summed E-state index contributed by atoms with van der Waals surface area (Å²) in [6, 6.07) is 3.71. The summed E-state index contributed by atoms with van der Waals surface area (Å²) in [5.74, 6) is 0.610. The van der Waals surface area contributed by atoms with Crippen LogP contribution in [0.5, 0.6) is 0 Å². The molecule has 20 heavy (non-hydrogen) atoms. The van der Waals surface area contributed by atoms with Gasteiger partial charge in [0.2, 0.25) is 0 Å². The van der Waals surface area contributed by atoms with Gasteiger partial charge in [-0.2, -0.15) is 0 Å². The van der Waals surface area contributed by atoms with Gasteiger partial charge in [0.05, 0.1) is 16.1 Å². The average molecular weight is 305 g/mol. The van der Waals surface area contributed by atoms with Crippen molar-refractivity contribution in [2.45, 2.75) is 13.8 Å². The molecule has 5 nitrogen and oxygen atoms in total. The number of anilines is 1. The summed E-state index contributed by atoms with van der Waals surface area (Å²) < 4.78 is 5.15. The summed E-state index contributed by atoms with van der Waals surface area (Å²) in [6.45, 7) is 3.76. The average Bonchev–Trinajstić information content (AvgIpc) is 3.11. The first-order chi connectivity index (χ1) is 9.65. The third-order valence-electron chi connectivity index (χ3n) is 2.76. The van der Waals surface area contributed by atoms with E-state index in [0.29, 0.717) is 10.0 Å². The van der Waals surface area contributed by atoms with Crippen molar-refractivity contribution in [1.82, 2.24) is 10.1 Å². The Bertz CT molecular complexity index is 724. The van der Waals surface area contributed by atoms with Crippen molar-refractivity contribution in [1.29, 1.82) is 0 Å². The molecule has 0 aliphatic heterocycles. The summed E-state index contributed by atoms with van der Waals surface area (Å²) in [7, 11) is 0. The van der Waals surface area contributed by atoms with E-state index in [2.05, 4.69) is 15.5 Å². The maximum Gasteiger partial charge on any atom is 0.267 e. The number of aromatic nitrogens is 2. The SMILES string of the molecule is Cc1noc(C)c1-c1ccc(C(=O)Nc2nccs2)s1. The van der Waals surface area contributed by atoms with Crippen molar-refractivity contribution < 1.29 is 9.32 Å². The number of rotatable bonds is 3. The highest BCUT2D eigenvalue weighted by Gasteiger charge is 2.16. The smallest absolute Gasteiger partial charge is 0.267 e. The molecule has 0 radical (unpaired) electrons. The fourth-order valence-corrected chi connectivity index (χ4v) is 3.44. The normalized spacial score (nSPS) is 10.7. The Morgan fingerprint density at radius 3 is 2.85 bits per heavy atom. The number of carbonyl (C=O) groups excluding carboxylic acids is 1. The first kappa shape index (κ1) is 13.0. The lowest BCUT2D eigenvalue weighted by Gasteiger charge is -1.98. The molecule has 0 fully saturated rings. The van der Waals surface area contributed by atoms with Crippen LogP contribution in [0.15, 0.2) is 28.2 Å². The number of hydrogen-bond donors (Lipinski definition) is 1. The molecule has 0 aromatic carbocycles. The van der Waals surface area contributed by atoms with Crippen LogP contribution < -0.4 is 5.32 Å². The predicted molar refractivity (Wildman–Crippen MR) is 79.4 cm³/mol.